The topological polar surface area (TPSA) is 72.2 Å². The average Bonchev–Trinajstić information content (AvgIpc) is 2.87. The monoisotopic (exact) mass is 342 g/mol. The molecule has 2 heterocycles. The number of rotatable bonds is 5. The summed E-state index contributed by atoms with van der Waals surface area (Å²) in [5, 5.41) is 11.7. The largest absolute Gasteiger partial charge is 0.490 e. The van der Waals surface area contributed by atoms with Crippen LogP contribution in [0.15, 0.2) is 23.6 Å². The molecule has 24 heavy (non-hydrogen) atoms. The molecule has 1 unspecified atom stereocenters. The molecule has 1 aliphatic rings. The molecule has 0 N–H and O–H groups in total. The summed E-state index contributed by atoms with van der Waals surface area (Å²) in [6, 6.07) is 7.82. The number of hydrogen-bond donors (Lipinski definition) is 0. The molecule has 1 aromatic carbocycles. The maximum Gasteiger partial charge on any atom is 0.161 e. The van der Waals surface area contributed by atoms with Gasteiger partial charge in [-0.2, -0.15) is 5.26 Å². The average molecular weight is 342 g/mol. The van der Waals surface area contributed by atoms with E-state index in [1.54, 1.807) is 0 Å². The highest BCUT2D eigenvalue weighted by atomic mass is 32.1. The van der Waals surface area contributed by atoms with Crippen molar-refractivity contribution in [3.63, 3.8) is 0 Å². The van der Waals surface area contributed by atoms with E-state index in [1.165, 1.54) is 11.3 Å². The highest BCUT2D eigenvalue weighted by molar-refractivity contribution is 7.09. The van der Waals surface area contributed by atoms with Crippen molar-refractivity contribution in [3.05, 3.63) is 39.8 Å². The molecule has 6 heteroatoms. The van der Waals surface area contributed by atoms with Gasteiger partial charge < -0.3 is 9.47 Å². The third-order valence-electron chi connectivity index (χ3n) is 3.81. The molecule has 0 fully saturated rings. The van der Waals surface area contributed by atoms with E-state index in [4.69, 9.17) is 9.47 Å². The van der Waals surface area contributed by atoms with E-state index >= 15 is 0 Å². The molecule has 0 saturated heterocycles. The van der Waals surface area contributed by atoms with Gasteiger partial charge in [-0.1, -0.05) is 6.07 Å². The standard InChI is InChI=1S/C18H18N2O3S/c1-12-11-24-18(20-12)14(10-19)15(21)5-3-13-4-6-16-17(9-13)23-8-2-7-22-16/h4,6,9,11,14H,2-3,5,7-8H2,1H3. The number of hydrogen-bond acceptors (Lipinski definition) is 6. The van der Waals surface area contributed by atoms with E-state index in [-0.39, 0.29) is 5.78 Å². The number of benzene rings is 1. The molecular weight excluding hydrogens is 324 g/mol. The number of Topliss-reactive ketones (excluding diaryl/α,β-unsaturated/α-hetero) is 1. The molecular formula is C18H18N2O3S. The highest BCUT2D eigenvalue weighted by Gasteiger charge is 2.23. The minimum absolute atomic E-state index is 0.0982. The van der Waals surface area contributed by atoms with Gasteiger partial charge in [0.2, 0.25) is 0 Å². The lowest BCUT2D eigenvalue weighted by Crippen LogP contribution is -2.11. The normalized spacial score (nSPS) is 14.5. The number of aromatic nitrogens is 1. The molecule has 2 aromatic rings. The molecule has 124 valence electrons. The molecule has 0 bridgehead atoms. The van der Waals surface area contributed by atoms with E-state index in [1.807, 2.05) is 30.5 Å². The lowest BCUT2D eigenvalue weighted by atomic mass is 9.99. The van der Waals surface area contributed by atoms with Gasteiger partial charge >= 0.3 is 0 Å². The van der Waals surface area contributed by atoms with E-state index in [0.29, 0.717) is 31.1 Å². The summed E-state index contributed by atoms with van der Waals surface area (Å²) in [6.07, 6.45) is 1.73. The molecule has 0 aliphatic carbocycles. The lowest BCUT2D eigenvalue weighted by Gasteiger charge is -2.10. The molecule has 1 atom stereocenters. The van der Waals surface area contributed by atoms with Gasteiger partial charge in [0.15, 0.2) is 23.2 Å². The van der Waals surface area contributed by atoms with E-state index < -0.39 is 5.92 Å². The first kappa shape index (κ1) is 16.5. The maximum absolute atomic E-state index is 12.4. The molecule has 0 saturated carbocycles. The van der Waals surface area contributed by atoms with Crippen LogP contribution in [0.1, 0.15) is 35.0 Å². The smallest absolute Gasteiger partial charge is 0.161 e. The summed E-state index contributed by atoms with van der Waals surface area (Å²) in [6.45, 7) is 3.15. The van der Waals surface area contributed by atoms with Crippen molar-refractivity contribution >= 4 is 17.1 Å². The number of ether oxygens (including phenoxy) is 2. The number of fused-ring (bicyclic) bond motifs is 1. The second-order valence-corrected chi connectivity index (χ2v) is 6.58. The fourth-order valence-electron chi connectivity index (χ4n) is 2.54. The van der Waals surface area contributed by atoms with E-state index in [2.05, 4.69) is 11.1 Å². The zero-order valence-electron chi connectivity index (χ0n) is 13.4. The Kier molecular flexibility index (Phi) is 5.11. The summed E-state index contributed by atoms with van der Waals surface area (Å²) in [4.78, 5) is 16.7. The first-order valence-corrected chi connectivity index (χ1v) is 8.78. The number of nitrogens with zero attached hydrogens (tertiary/aromatic N) is 2. The number of carbonyl (C=O) groups is 1. The van der Waals surface area contributed by atoms with Crippen LogP contribution in [0.5, 0.6) is 11.5 Å². The minimum Gasteiger partial charge on any atom is -0.490 e. The highest BCUT2D eigenvalue weighted by Crippen LogP contribution is 2.31. The SMILES string of the molecule is Cc1csc(C(C#N)C(=O)CCc2ccc3c(c2)OCCCO3)n1. The van der Waals surface area contributed by atoms with E-state index in [9.17, 15) is 10.1 Å². The van der Waals surface area contributed by atoms with Crippen molar-refractivity contribution in [2.24, 2.45) is 0 Å². The second kappa shape index (κ2) is 7.45. The van der Waals surface area contributed by atoms with Crippen LogP contribution in [-0.2, 0) is 11.2 Å². The summed E-state index contributed by atoms with van der Waals surface area (Å²) in [7, 11) is 0. The summed E-state index contributed by atoms with van der Waals surface area (Å²) >= 11 is 1.36. The van der Waals surface area contributed by atoms with Crippen molar-refractivity contribution in [3.8, 4) is 17.6 Å². The van der Waals surface area contributed by atoms with Crippen LogP contribution in [-0.4, -0.2) is 24.0 Å². The summed E-state index contributed by atoms with van der Waals surface area (Å²) < 4.78 is 11.3. The first-order chi connectivity index (χ1) is 11.7. The van der Waals surface area contributed by atoms with Crippen molar-refractivity contribution < 1.29 is 14.3 Å². The molecule has 3 rings (SSSR count). The van der Waals surface area contributed by atoms with Crippen molar-refractivity contribution in [2.45, 2.75) is 32.1 Å². The Morgan fingerprint density at radius 2 is 2.17 bits per heavy atom. The molecule has 0 amide bonds. The van der Waals surface area contributed by atoms with Gasteiger partial charge in [0, 0.05) is 23.9 Å². The predicted molar refractivity (Wildman–Crippen MR) is 90.6 cm³/mol. The van der Waals surface area contributed by atoms with Gasteiger partial charge in [0.25, 0.3) is 0 Å². The Bertz CT molecular complexity index is 779. The van der Waals surface area contributed by atoms with Gasteiger partial charge in [-0.05, 0) is 31.0 Å². The van der Waals surface area contributed by atoms with Crippen LogP contribution < -0.4 is 9.47 Å². The predicted octanol–water partition coefficient (Wildman–Crippen LogP) is 3.42. The Labute approximate surface area is 144 Å². The lowest BCUT2D eigenvalue weighted by molar-refractivity contribution is -0.119. The first-order valence-electron chi connectivity index (χ1n) is 7.90. The number of thiazole rings is 1. The molecule has 1 aliphatic heterocycles. The molecule has 1 aromatic heterocycles. The number of aryl methyl sites for hydroxylation is 2. The minimum atomic E-state index is -0.774. The third-order valence-corrected chi connectivity index (χ3v) is 4.83. The molecule has 0 spiro atoms. The number of nitriles is 1. The second-order valence-electron chi connectivity index (χ2n) is 5.69. The van der Waals surface area contributed by atoms with Crippen LogP contribution >= 0.6 is 11.3 Å². The van der Waals surface area contributed by atoms with Crippen molar-refractivity contribution in [2.75, 3.05) is 13.2 Å². The third kappa shape index (κ3) is 3.74. The Morgan fingerprint density at radius 1 is 1.38 bits per heavy atom. The summed E-state index contributed by atoms with van der Waals surface area (Å²) in [5.41, 5.74) is 1.84. The van der Waals surface area contributed by atoms with Crippen molar-refractivity contribution in [1.82, 2.24) is 4.98 Å². The van der Waals surface area contributed by atoms with Crippen molar-refractivity contribution in [1.29, 1.82) is 5.26 Å². The zero-order chi connectivity index (χ0) is 16.9. The van der Waals surface area contributed by atoms with Gasteiger partial charge in [0.1, 0.15) is 5.01 Å². The zero-order valence-corrected chi connectivity index (χ0v) is 14.3. The maximum atomic E-state index is 12.4. The van der Waals surface area contributed by atoms with Crippen LogP contribution in [0.25, 0.3) is 0 Å². The molecule has 5 nitrogen and oxygen atoms in total. The number of carbonyl (C=O) groups excluding carboxylic acids is 1. The van der Waals surface area contributed by atoms with Gasteiger partial charge in [-0.15, -0.1) is 11.3 Å². The van der Waals surface area contributed by atoms with E-state index in [0.717, 1.165) is 29.2 Å². The molecule has 0 radical (unpaired) electrons. The Morgan fingerprint density at radius 3 is 2.88 bits per heavy atom. The van der Waals surface area contributed by atoms with Gasteiger partial charge in [-0.25, -0.2) is 4.98 Å². The fraction of sp³-hybridized carbons (Fsp3) is 0.389. The van der Waals surface area contributed by atoms with Crippen LogP contribution in [0, 0.1) is 18.3 Å². The van der Waals surface area contributed by atoms with Crippen LogP contribution in [0.4, 0.5) is 0 Å². The number of ketones is 1. The van der Waals surface area contributed by atoms with Gasteiger partial charge in [0.05, 0.1) is 19.3 Å². The van der Waals surface area contributed by atoms with Gasteiger partial charge in [-0.3, -0.25) is 4.79 Å². The Hall–Kier alpha value is -2.39. The summed E-state index contributed by atoms with van der Waals surface area (Å²) in [5.74, 6) is 0.601. The Balaban J connectivity index is 1.65. The fourth-order valence-corrected chi connectivity index (χ4v) is 3.41. The quantitative estimate of drug-likeness (QED) is 0.832. The van der Waals surface area contributed by atoms with Crippen LogP contribution in [0.2, 0.25) is 0 Å². The van der Waals surface area contributed by atoms with Crippen LogP contribution in [0.3, 0.4) is 0 Å².